The van der Waals surface area contributed by atoms with Crippen LogP contribution in [0.2, 0.25) is 0 Å². The Morgan fingerprint density at radius 2 is 2.20 bits per heavy atom. The summed E-state index contributed by atoms with van der Waals surface area (Å²) < 4.78 is 0. The lowest BCUT2D eigenvalue weighted by atomic mass is 10.1. The van der Waals surface area contributed by atoms with Gasteiger partial charge in [-0.3, -0.25) is 14.9 Å². The van der Waals surface area contributed by atoms with E-state index in [4.69, 9.17) is 0 Å². The molecule has 4 nitrogen and oxygen atoms in total. The molecule has 1 rings (SSSR count). The molecule has 0 aromatic heterocycles. The van der Waals surface area contributed by atoms with Gasteiger partial charge in [0.15, 0.2) is 5.78 Å². The Bertz CT molecular complexity index is 404. The number of carbonyl (C=O) groups is 1. The predicted octanol–water partition coefficient (Wildman–Crippen LogP) is 2.87. The van der Waals surface area contributed by atoms with Gasteiger partial charge in [0.2, 0.25) is 0 Å². The van der Waals surface area contributed by atoms with Gasteiger partial charge in [0.05, 0.1) is 4.92 Å². The van der Waals surface area contributed by atoms with Crippen molar-refractivity contribution in [2.24, 2.45) is 0 Å². The molecule has 0 fully saturated rings. The standard InChI is InChI=1S/C10H10BrNO3/c1-7-6-8(10(13)4-5-11)2-3-9(7)12(14)15/h2-3,6H,4-5H2,1H3. The van der Waals surface area contributed by atoms with Crippen LogP contribution in [0.25, 0.3) is 0 Å². The van der Waals surface area contributed by atoms with Crippen LogP contribution in [-0.4, -0.2) is 16.0 Å². The highest BCUT2D eigenvalue weighted by atomic mass is 79.9. The largest absolute Gasteiger partial charge is 0.294 e. The quantitative estimate of drug-likeness (QED) is 0.366. The Hall–Kier alpha value is -1.23. The summed E-state index contributed by atoms with van der Waals surface area (Å²) in [5, 5.41) is 11.1. The van der Waals surface area contributed by atoms with E-state index in [1.807, 2.05) is 0 Å². The average molecular weight is 272 g/mol. The lowest BCUT2D eigenvalue weighted by Gasteiger charge is -2.01. The van der Waals surface area contributed by atoms with Crippen molar-refractivity contribution in [1.82, 2.24) is 0 Å². The van der Waals surface area contributed by atoms with Gasteiger partial charge < -0.3 is 0 Å². The molecule has 0 radical (unpaired) electrons. The number of benzene rings is 1. The molecule has 0 saturated heterocycles. The van der Waals surface area contributed by atoms with Crippen molar-refractivity contribution >= 4 is 27.4 Å². The third-order valence-electron chi connectivity index (χ3n) is 2.04. The van der Waals surface area contributed by atoms with Crippen LogP contribution in [0.15, 0.2) is 18.2 Å². The summed E-state index contributed by atoms with van der Waals surface area (Å²) in [6.07, 6.45) is 0.400. The van der Waals surface area contributed by atoms with Crippen LogP contribution in [0.4, 0.5) is 5.69 Å². The molecule has 1 aromatic rings. The maximum atomic E-state index is 11.5. The summed E-state index contributed by atoms with van der Waals surface area (Å²) in [6, 6.07) is 4.43. The van der Waals surface area contributed by atoms with Crippen molar-refractivity contribution in [2.75, 3.05) is 5.33 Å². The predicted molar refractivity (Wildman–Crippen MR) is 60.6 cm³/mol. The second-order valence-electron chi connectivity index (χ2n) is 3.12. The van der Waals surface area contributed by atoms with E-state index < -0.39 is 4.92 Å². The highest BCUT2D eigenvalue weighted by Gasteiger charge is 2.12. The number of alkyl halides is 1. The number of halogens is 1. The fourth-order valence-corrected chi connectivity index (χ4v) is 1.62. The number of hydrogen-bond acceptors (Lipinski definition) is 3. The Balaban J connectivity index is 3.01. The molecule has 0 bridgehead atoms. The third kappa shape index (κ3) is 2.86. The number of ketones is 1. The lowest BCUT2D eigenvalue weighted by Crippen LogP contribution is -2.01. The van der Waals surface area contributed by atoms with Gasteiger partial charge in [0.1, 0.15) is 0 Å². The van der Waals surface area contributed by atoms with E-state index in [2.05, 4.69) is 15.9 Å². The maximum Gasteiger partial charge on any atom is 0.272 e. The first-order chi connectivity index (χ1) is 7.06. The number of nitrogens with zero attached hydrogens (tertiary/aromatic N) is 1. The number of nitro benzene ring substituents is 1. The summed E-state index contributed by atoms with van der Waals surface area (Å²) in [7, 11) is 0. The van der Waals surface area contributed by atoms with Gasteiger partial charge in [-0.25, -0.2) is 0 Å². The van der Waals surface area contributed by atoms with Crippen molar-refractivity contribution in [2.45, 2.75) is 13.3 Å². The van der Waals surface area contributed by atoms with Crippen molar-refractivity contribution in [3.05, 3.63) is 39.4 Å². The summed E-state index contributed by atoms with van der Waals surface area (Å²) in [4.78, 5) is 21.6. The molecule has 0 atom stereocenters. The van der Waals surface area contributed by atoms with Crippen LogP contribution in [0, 0.1) is 17.0 Å². The zero-order chi connectivity index (χ0) is 11.4. The molecular weight excluding hydrogens is 262 g/mol. The highest BCUT2D eigenvalue weighted by molar-refractivity contribution is 9.09. The monoisotopic (exact) mass is 271 g/mol. The minimum Gasteiger partial charge on any atom is -0.294 e. The van der Waals surface area contributed by atoms with Crippen LogP contribution in [0.1, 0.15) is 22.3 Å². The smallest absolute Gasteiger partial charge is 0.272 e. The minimum absolute atomic E-state index is 0.00938. The van der Waals surface area contributed by atoms with Gasteiger partial charge in [0.25, 0.3) is 5.69 Å². The van der Waals surface area contributed by atoms with Crippen LogP contribution in [0.3, 0.4) is 0 Å². The average Bonchev–Trinajstić information content (AvgIpc) is 2.17. The number of aryl methyl sites for hydroxylation is 1. The molecule has 0 heterocycles. The second kappa shape index (κ2) is 5.02. The van der Waals surface area contributed by atoms with E-state index in [0.717, 1.165) is 0 Å². The first-order valence-electron chi connectivity index (χ1n) is 4.40. The number of Topliss-reactive ketones (excluding diaryl/α,β-unsaturated/α-hetero) is 1. The van der Waals surface area contributed by atoms with Crippen molar-refractivity contribution in [1.29, 1.82) is 0 Å². The van der Waals surface area contributed by atoms with Gasteiger partial charge in [-0.1, -0.05) is 15.9 Å². The van der Waals surface area contributed by atoms with Crippen molar-refractivity contribution < 1.29 is 9.72 Å². The normalized spacial score (nSPS) is 10.0. The topological polar surface area (TPSA) is 60.2 Å². The van der Waals surface area contributed by atoms with Gasteiger partial charge in [0, 0.05) is 28.9 Å². The first kappa shape index (κ1) is 11.8. The van der Waals surface area contributed by atoms with Crippen LogP contribution >= 0.6 is 15.9 Å². The van der Waals surface area contributed by atoms with Gasteiger partial charge in [-0.2, -0.15) is 0 Å². The molecule has 0 spiro atoms. The van der Waals surface area contributed by atoms with E-state index >= 15 is 0 Å². The number of hydrogen-bond donors (Lipinski definition) is 0. The zero-order valence-electron chi connectivity index (χ0n) is 8.20. The molecule has 0 N–H and O–H groups in total. The number of nitro groups is 1. The van der Waals surface area contributed by atoms with E-state index in [9.17, 15) is 14.9 Å². The van der Waals surface area contributed by atoms with Crippen molar-refractivity contribution in [3.8, 4) is 0 Å². The molecule has 0 aliphatic rings. The lowest BCUT2D eigenvalue weighted by molar-refractivity contribution is -0.385. The molecule has 0 saturated carbocycles. The summed E-state index contributed by atoms with van der Waals surface area (Å²) in [6.45, 7) is 1.63. The second-order valence-corrected chi connectivity index (χ2v) is 3.91. The van der Waals surface area contributed by atoms with Gasteiger partial charge in [-0.15, -0.1) is 0 Å². The van der Waals surface area contributed by atoms with E-state index in [1.165, 1.54) is 12.1 Å². The Morgan fingerprint density at radius 1 is 1.53 bits per heavy atom. The Morgan fingerprint density at radius 3 is 2.67 bits per heavy atom. The zero-order valence-corrected chi connectivity index (χ0v) is 9.78. The fraction of sp³-hybridized carbons (Fsp3) is 0.300. The molecule has 1 aromatic carbocycles. The SMILES string of the molecule is Cc1cc(C(=O)CCBr)ccc1[N+](=O)[O-]. The van der Waals surface area contributed by atoms with Gasteiger partial charge >= 0.3 is 0 Å². The third-order valence-corrected chi connectivity index (χ3v) is 2.43. The molecule has 0 aliphatic heterocycles. The van der Waals surface area contributed by atoms with E-state index in [0.29, 0.717) is 22.9 Å². The molecule has 5 heteroatoms. The van der Waals surface area contributed by atoms with E-state index in [1.54, 1.807) is 13.0 Å². The Labute approximate surface area is 95.6 Å². The summed E-state index contributed by atoms with van der Waals surface area (Å²) in [5.41, 5.74) is 1.09. The first-order valence-corrected chi connectivity index (χ1v) is 5.52. The highest BCUT2D eigenvalue weighted by Crippen LogP contribution is 2.19. The van der Waals surface area contributed by atoms with Crippen LogP contribution < -0.4 is 0 Å². The van der Waals surface area contributed by atoms with Crippen molar-refractivity contribution in [3.63, 3.8) is 0 Å². The van der Waals surface area contributed by atoms with Gasteiger partial charge in [-0.05, 0) is 19.1 Å². The molecule has 0 amide bonds. The van der Waals surface area contributed by atoms with Crippen LogP contribution in [-0.2, 0) is 0 Å². The maximum absolute atomic E-state index is 11.5. The molecule has 0 aliphatic carbocycles. The molecular formula is C10H10BrNO3. The summed E-state index contributed by atoms with van der Waals surface area (Å²) >= 11 is 3.17. The Kier molecular flexibility index (Phi) is 3.96. The molecule has 80 valence electrons. The number of rotatable bonds is 4. The summed E-state index contributed by atoms with van der Waals surface area (Å²) in [5.74, 6) is -0.00938. The minimum atomic E-state index is -0.450. The number of carbonyl (C=O) groups excluding carboxylic acids is 1. The van der Waals surface area contributed by atoms with E-state index in [-0.39, 0.29) is 11.5 Å². The molecule has 15 heavy (non-hydrogen) atoms. The van der Waals surface area contributed by atoms with Crippen LogP contribution in [0.5, 0.6) is 0 Å². The fourth-order valence-electron chi connectivity index (χ4n) is 1.26. The molecule has 0 unspecified atom stereocenters.